The molecule has 0 aromatic carbocycles. The van der Waals surface area contributed by atoms with Gasteiger partial charge >= 0.3 is 0 Å². The van der Waals surface area contributed by atoms with Crippen molar-refractivity contribution in [1.82, 2.24) is 0 Å². The van der Waals surface area contributed by atoms with E-state index in [1.165, 1.54) is 19.3 Å². The van der Waals surface area contributed by atoms with Gasteiger partial charge in [-0.3, -0.25) is 0 Å². The van der Waals surface area contributed by atoms with Crippen LogP contribution in [0.5, 0.6) is 0 Å². The van der Waals surface area contributed by atoms with Crippen LogP contribution in [0.1, 0.15) is 59.3 Å². The van der Waals surface area contributed by atoms with Gasteiger partial charge in [-0.2, -0.15) is 5.26 Å². The van der Waals surface area contributed by atoms with E-state index in [1.54, 1.807) is 0 Å². The van der Waals surface area contributed by atoms with Crippen LogP contribution in [0.25, 0.3) is 0 Å². The zero-order valence-electron chi connectivity index (χ0n) is 10.9. The maximum absolute atomic E-state index is 10.1. The number of nitrogens with zero attached hydrogens (tertiary/aromatic N) is 1. The van der Waals surface area contributed by atoms with E-state index in [0.29, 0.717) is 5.57 Å². The quantitative estimate of drug-likeness (QED) is 0.502. The molecular weight excluding hydrogens is 198 g/mol. The number of rotatable bonds is 8. The Kier molecular flexibility index (Phi) is 7.08. The Morgan fingerprint density at radius 2 is 2.00 bits per heavy atom. The Morgan fingerprint density at radius 3 is 2.44 bits per heavy atom. The molecule has 0 heterocycles. The van der Waals surface area contributed by atoms with Gasteiger partial charge in [0.05, 0.1) is 17.7 Å². The predicted molar refractivity (Wildman–Crippen MR) is 67.9 cm³/mol. The SMILES string of the molecule is C=C(C#N)C(O)C(C)(CC)CCCCCC. The first kappa shape index (κ1) is 15.2. The minimum absolute atomic E-state index is 0.194. The van der Waals surface area contributed by atoms with E-state index in [4.69, 9.17) is 5.26 Å². The molecule has 0 saturated carbocycles. The van der Waals surface area contributed by atoms with E-state index in [0.717, 1.165) is 19.3 Å². The van der Waals surface area contributed by atoms with Gasteiger partial charge in [-0.1, -0.05) is 53.0 Å². The summed E-state index contributed by atoms with van der Waals surface area (Å²) in [6.07, 6.45) is 5.94. The number of hydrogen-bond donors (Lipinski definition) is 1. The summed E-state index contributed by atoms with van der Waals surface area (Å²) in [7, 11) is 0. The molecule has 1 N–H and O–H groups in total. The Bertz CT molecular complexity index is 254. The van der Waals surface area contributed by atoms with Crippen molar-refractivity contribution in [3.8, 4) is 6.07 Å². The van der Waals surface area contributed by atoms with Crippen molar-refractivity contribution < 1.29 is 5.11 Å². The number of aliphatic hydroxyl groups excluding tert-OH is 1. The van der Waals surface area contributed by atoms with Crippen molar-refractivity contribution in [2.75, 3.05) is 0 Å². The number of aliphatic hydroxyl groups is 1. The van der Waals surface area contributed by atoms with Crippen molar-refractivity contribution in [3.63, 3.8) is 0 Å². The van der Waals surface area contributed by atoms with Crippen LogP contribution in [0.3, 0.4) is 0 Å². The molecule has 0 fully saturated rings. The lowest BCUT2D eigenvalue weighted by atomic mass is 9.75. The summed E-state index contributed by atoms with van der Waals surface area (Å²) < 4.78 is 0. The number of hydrogen-bond acceptors (Lipinski definition) is 2. The largest absolute Gasteiger partial charge is 0.387 e. The molecule has 2 atom stereocenters. The van der Waals surface area contributed by atoms with Gasteiger partial charge in [-0.05, 0) is 18.3 Å². The third kappa shape index (κ3) is 4.37. The van der Waals surface area contributed by atoms with Gasteiger partial charge in [0.2, 0.25) is 0 Å². The van der Waals surface area contributed by atoms with Gasteiger partial charge in [-0.25, -0.2) is 0 Å². The molecule has 0 radical (unpaired) electrons. The molecule has 0 saturated heterocycles. The standard InChI is InChI=1S/C14H25NO/c1-5-7-8-9-10-14(4,6-2)13(16)12(3)11-15/h13,16H,3,5-10H2,1-2,4H3. The predicted octanol–water partition coefficient (Wildman–Crippen LogP) is 3.81. The van der Waals surface area contributed by atoms with Gasteiger partial charge < -0.3 is 5.11 Å². The summed E-state index contributed by atoms with van der Waals surface area (Å²) in [5.41, 5.74) is 0.0976. The Hall–Kier alpha value is -0.810. The molecule has 0 amide bonds. The first-order valence-corrected chi connectivity index (χ1v) is 6.28. The highest BCUT2D eigenvalue weighted by atomic mass is 16.3. The molecule has 2 nitrogen and oxygen atoms in total. The van der Waals surface area contributed by atoms with Crippen molar-refractivity contribution in [2.24, 2.45) is 5.41 Å². The second-order valence-corrected chi connectivity index (χ2v) is 4.86. The Labute approximate surface area is 100.0 Å². The van der Waals surface area contributed by atoms with Gasteiger partial charge in [0.15, 0.2) is 0 Å². The lowest BCUT2D eigenvalue weighted by Crippen LogP contribution is -2.32. The molecule has 2 unspecified atom stereocenters. The maximum atomic E-state index is 10.1. The fourth-order valence-electron chi connectivity index (χ4n) is 1.94. The van der Waals surface area contributed by atoms with E-state index in [2.05, 4.69) is 20.4 Å². The summed E-state index contributed by atoms with van der Waals surface area (Å²) >= 11 is 0. The van der Waals surface area contributed by atoms with E-state index < -0.39 is 6.10 Å². The third-order valence-electron chi connectivity index (χ3n) is 3.54. The molecule has 92 valence electrons. The van der Waals surface area contributed by atoms with Crippen LogP contribution in [-0.4, -0.2) is 11.2 Å². The average Bonchev–Trinajstić information content (AvgIpc) is 2.32. The highest BCUT2D eigenvalue weighted by Gasteiger charge is 2.32. The van der Waals surface area contributed by atoms with Gasteiger partial charge in [0.25, 0.3) is 0 Å². The average molecular weight is 223 g/mol. The highest BCUT2D eigenvalue weighted by molar-refractivity contribution is 5.23. The minimum atomic E-state index is -0.691. The van der Waals surface area contributed by atoms with Crippen LogP contribution in [0.4, 0.5) is 0 Å². The van der Waals surface area contributed by atoms with Gasteiger partial charge in [0, 0.05) is 0 Å². The Morgan fingerprint density at radius 1 is 1.38 bits per heavy atom. The van der Waals surface area contributed by atoms with Crippen LogP contribution in [0.15, 0.2) is 12.2 Å². The van der Waals surface area contributed by atoms with Crippen LogP contribution in [-0.2, 0) is 0 Å². The van der Waals surface area contributed by atoms with Crippen molar-refractivity contribution >= 4 is 0 Å². The first-order chi connectivity index (χ1) is 7.51. The van der Waals surface area contributed by atoms with E-state index >= 15 is 0 Å². The fourth-order valence-corrected chi connectivity index (χ4v) is 1.94. The topological polar surface area (TPSA) is 44.0 Å². The normalized spacial score (nSPS) is 16.2. The molecule has 0 bridgehead atoms. The summed E-state index contributed by atoms with van der Waals surface area (Å²) in [6, 6.07) is 1.96. The molecule has 0 aliphatic heterocycles. The summed E-state index contributed by atoms with van der Waals surface area (Å²) in [5.74, 6) is 0. The maximum Gasteiger partial charge on any atom is 0.0968 e. The minimum Gasteiger partial charge on any atom is -0.387 e. The monoisotopic (exact) mass is 223 g/mol. The molecular formula is C14H25NO. The van der Waals surface area contributed by atoms with Gasteiger partial charge in [0.1, 0.15) is 0 Å². The van der Waals surface area contributed by atoms with E-state index in [-0.39, 0.29) is 5.41 Å². The molecule has 0 spiro atoms. The van der Waals surface area contributed by atoms with E-state index in [1.807, 2.05) is 13.0 Å². The second kappa shape index (κ2) is 7.46. The summed E-state index contributed by atoms with van der Waals surface area (Å²) in [5, 5.41) is 18.8. The molecule has 0 aliphatic rings. The molecule has 0 rings (SSSR count). The van der Waals surface area contributed by atoms with Crippen LogP contribution < -0.4 is 0 Å². The zero-order valence-corrected chi connectivity index (χ0v) is 10.9. The van der Waals surface area contributed by atoms with Crippen molar-refractivity contribution in [1.29, 1.82) is 5.26 Å². The fraction of sp³-hybridized carbons (Fsp3) is 0.786. The highest BCUT2D eigenvalue weighted by Crippen LogP contribution is 2.35. The van der Waals surface area contributed by atoms with Crippen LogP contribution >= 0.6 is 0 Å². The molecule has 0 aromatic heterocycles. The second-order valence-electron chi connectivity index (χ2n) is 4.86. The van der Waals surface area contributed by atoms with E-state index in [9.17, 15) is 5.11 Å². The zero-order chi connectivity index (χ0) is 12.6. The Balaban J connectivity index is 4.30. The smallest absolute Gasteiger partial charge is 0.0968 e. The first-order valence-electron chi connectivity index (χ1n) is 6.28. The lowest BCUT2D eigenvalue weighted by Gasteiger charge is -2.33. The van der Waals surface area contributed by atoms with Crippen molar-refractivity contribution in [2.45, 2.75) is 65.4 Å². The third-order valence-corrected chi connectivity index (χ3v) is 3.54. The molecule has 16 heavy (non-hydrogen) atoms. The number of unbranched alkanes of at least 4 members (excludes halogenated alkanes) is 3. The number of nitriles is 1. The van der Waals surface area contributed by atoms with Gasteiger partial charge in [-0.15, -0.1) is 0 Å². The summed E-state index contributed by atoms with van der Waals surface area (Å²) in [4.78, 5) is 0. The molecule has 0 aliphatic carbocycles. The van der Waals surface area contributed by atoms with Crippen LogP contribution in [0.2, 0.25) is 0 Å². The molecule has 2 heteroatoms. The summed E-state index contributed by atoms with van der Waals surface area (Å²) in [6.45, 7) is 9.92. The van der Waals surface area contributed by atoms with Crippen LogP contribution in [0, 0.1) is 16.7 Å². The molecule has 0 aromatic rings. The van der Waals surface area contributed by atoms with Crippen molar-refractivity contribution in [3.05, 3.63) is 12.2 Å². The lowest BCUT2D eigenvalue weighted by molar-refractivity contribution is 0.0571.